The lowest BCUT2D eigenvalue weighted by Crippen LogP contribution is -2.29. The summed E-state index contributed by atoms with van der Waals surface area (Å²) in [4.78, 5) is 28.7. The number of guanidine groups is 1. The van der Waals surface area contributed by atoms with Crippen molar-refractivity contribution in [3.05, 3.63) is 69.4 Å². The maximum absolute atomic E-state index is 12.5. The number of rotatable bonds is 7. The standard InChI is InChI=1S/C21H21N5O5/c1-25-20(27)17(10-15-4-7-18-19(11-15)31-13-30-18)24-21(25)23-9-8-22-12-14-2-5-16(6-3-14)26(28)29/h2-7,10-11,22H,8-9,12-13H2,1H3,(H,23,24)/b17-10-. The Hall–Kier alpha value is -3.92. The molecule has 0 saturated carbocycles. The zero-order chi connectivity index (χ0) is 21.8. The third-order valence-electron chi connectivity index (χ3n) is 4.83. The number of hydrogen-bond donors (Lipinski definition) is 2. The number of amides is 1. The van der Waals surface area contributed by atoms with Crippen molar-refractivity contribution in [3.63, 3.8) is 0 Å². The Balaban J connectivity index is 1.30. The summed E-state index contributed by atoms with van der Waals surface area (Å²) in [5, 5.41) is 17.0. The summed E-state index contributed by atoms with van der Waals surface area (Å²) in [6.45, 7) is 1.82. The Morgan fingerprint density at radius 1 is 1.23 bits per heavy atom. The summed E-state index contributed by atoms with van der Waals surface area (Å²) < 4.78 is 10.7. The summed E-state index contributed by atoms with van der Waals surface area (Å²) in [6, 6.07) is 11.9. The lowest BCUT2D eigenvalue weighted by molar-refractivity contribution is -0.384. The normalized spacial score (nSPS) is 17.5. The van der Waals surface area contributed by atoms with E-state index in [0.717, 1.165) is 11.1 Å². The van der Waals surface area contributed by atoms with E-state index < -0.39 is 4.92 Å². The van der Waals surface area contributed by atoms with Crippen molar-refractivity contribution in [1.29, 1.82) is 0 Å². The van der Waals surface area contributed by atoms with Gasteiger partial charge in [-0.15, -0.1) is 0 Å². The van der Waals surface area contributed by atoms with E-state index in [9.17, 15) is 14.9 Å². The molecule has 2 aliphatic rings. The molecule has 2 aliphatic heterocycles. The second-order valence-electron chi connectivity index (χ2n) is 6.97. The highest BCUT2D eigenvalue weighted by Gasteiger charge is 2.28. The molecule has 1 amide bonds. The molecule has 0 unspecified atom stereocenters. The number of hydrogen-bond acceptors (Lipinski definition) is 7. The van der Waals surface area contributed by atoms with Crippen molar-refractivity contribution >= 4 is 23.6 Å². The quantitative estimate of drug-likeness (QED) is 0.302. The van der Waals surface area contributed by atoms with Gasteiger partial charge in [0.2, 0.25) is 12.8 Å². The predicted molar refractivity (Wildman–Crippen MR) is 114 cm³/mol. The summed E-state index contributed by atoms with van der Waals surface area (Å²) in [5.41, 5.74) is 2.26. The number of benzene rings is 2. The van der Waals surface area contributed by atoms with Crippen LogP contribution in [0, 0.1) is 10.1 Å². The molecule has 0 spiro atoms. The van der Waals surface area contributed by atoms with Crippen LogP contribution in [0.25, 0.3) is 6.08 Å². The van der Waals surface area contributed by atoms with E-state index in [-0.39, 0.29) is 18.4 Å². The number of ether oxygens (including phenoxy) is 2. The zero-order valence-electron chi connectivity index (χ0n) is 16.8. The van der Waals surface area contributed by atoms with Crippen LogP contribution in [0.15, 0.2) is 53.2 Å². The molecule has 160 valence electrons. The van der Waals surface area contributed by atoms with Crippen molar-refractivity contribution in [3.8, 4) is 11.5 Å². The number of nitro benzene ring substituents is 1. The smallest absolute Gasteiger partial charge is 0.276 e. The number of nitrogens with one attached hydrogen (secondary N) is 2. The number of carbonyl (C=O) groups is 1. The van der Waals surface area contributed by atoms with Crippen LogP contribution in [-0.4, -0.2) is 48.6 Å². The van der Waals surface area contributed by atoms with E-state index in [1.54, 1.807) is 25.3 Å². The van der Waals surface area contributed by atoms with Crippen molar-refractivity contribution in [2.45, 2.75) is 6.54 Å². The van der Waals surface area contributed by atoms with Gasteiger partial charge < -0.3 is 20.1 Å². The van der Waals surface area contributed by atoms with Gasteiger partial charge in [0, 0.05) is 32.3 Å². The van der Waals surface area contributed by atoms with Crippen LogP contribution in [0.5, 0.6) is 11.5 Å². The van der Waals surface area contributed by atoms with Crippen LogP contribution >= 0.6 is 0 Å². The first-order valence-corrected chi connectivity index (χ1v) is 9.66. The SMILES string of the molecule is CN1C(=O)/C(=C/c2ccc3c(c2)OCO3)NC1=NCCNCc1ccc([N+](=O)[O-])cc1. The van der Waals surface area contributed by atoms with Crippen LogP contribution in [-0.2, 0) is 11.3 Å². The first-order valence-electron chi connectivity index (χ1n) is 9.66. The van der Waals surface area contributed by atoms with Crippen LogP contribution in [0.4, 0.5) is 5.69 Å². The molecular formula is C21H21N5O5. The van der Waals surface area contributed by atoms with Crippen molar-refractivity contribution in [2.24, 2.45) is 4.99 Å². The van der Waals surface area contributed by atoms with Crippen molar-refractivity contribution in [1.82, 2.24) is 15.5 Å². The third kappa shape index (κ3) is 4.64. The number of non-ortho nitro benzene ring substituents is 1. The third-order valence-corrected chi connectivity index (χ3v) is 4.83. The van der Waals surface area contributed by atoms with E-state index >= 15 is 0 Å². The van der Waals surface area contributed by atoms with Crippen LogP contribution in [0.3, 0.4) is 0 Å². The summed E-state index contributed by atoms with van der Waals surface area (Å²) >= 11 is 0. The molecule has 1 fully saturated rings. The molecule has 4 rings (SSSR count). The van der Waals surface area contributed by atoms with Gasteiger partial charge in [-0.25, -0.2) is 0 Å². The number of nitro groups is 1. The van der Waals surface area contributed by atoms with Crippen molar-refractivity contribution in [2.75, 3.05) is 26.9 Å². The molecule has 2 N–H and O–H groups in total. The first-order chi connectivity index (χ1) is 15.0. The van der Waals surface area contributed by atoms with Gasteiger partial charge in [0.15, 0.2) is 11.5 Å². The molecular weight excluding hydrogens is 402 g/mol. The lowest BCUT2D eigenvalue weighted by atomic mass is 10.1. The van der Waals surface area contributed by atoms with Crippen LogP contribution in [0.1, 0.15) is 11.1 Å². The zero-order valence-corrected chi connectivity index (χ0v) is 16.8. The first kappa shape index (κ1) is 20.4. The van der Waals surface area contributed by atoms with E-state index in [1.807, 2.05) is 18.2 Å². The van der Waals surface area contributed by atoms with E-state index in [4.69, 9.17) is 9.47 Å². The fraction of sp³-hybridized carbons (Fsp3) is 0.238. The maximum atomic E-state index is 12.5. The van der Waals surface area contributed by atoms with Crippen molar-refractivity contribution < 1.29 is 19.2 Å². The average molecular weight is 423 g/mol. The minimum Gasteiger partial charge on any atom is -0.454 e. The number of likely N-dealkylation sites (N-methyl/N-ethyl adjacent to an activating group) is 1. The summed E-state index contributed by atoms with van der Waals surface area (Å²) in [7, 11) is 1.67. The molecule has 0 aliphatic carbocycles. The maximum Gasteiger partial charge on any atom is 0.276 e. The molecule has 0 atom stereocenters. The lowest BCUT2D eigenvalue weighted by Gasteiger charge is -2.08. The van der Waals surface area contributed by atoms with E-state index in [2.05, 4.69) is 15.6 Å². The molecule has 2 aromatic rings. The molecule has 31 heavy (non-hydrogen) atoms. The molecule has 2 aromatic carbocycles. The van der Waals surface area contributed by atoms with Gasteiger partial charge in [0.05, 0.1) is 11.5 Å². The second kappa shape index (κ2) is 8.84. The van der Waals surface area contributed by atoms with Gasteiger partial charge in [0.25, 0.3) is 11.6 Å². The molecule has 0 radical (unpaired) electrons. The fourth-order valence-corrected chi connectivity index (χ4v) is 3.16. The van der Waals surface area contributed by atoms with Crippen LogP contribution in [0.2, 0.25) is 0 Å². The highest BCUT2D eigenvalue weighted by Crippen LogP contribution is 2.33. The van der Waals surface area contributed by atoms with Gasteiger partial charge in [-0.1, -0.05) is 18.2 Å². The average Bonchev–Trinajstić information content (AvgIpc) is 3.34. The number of carbonyl (C=O) groups excluding carboxylic acids is 1. The monoisotopic (exact) mass is 423 g/mol. The van der Waals surface area contributed by atoms with E-state index in [0.29, 0.717) is 42.8 Å². The second-order valence-corrected chi connectivity index (χ2v) is 6.97. The topological polar surface area (TPSA) is 118 Å². The van der Waals surface area contributed by atoms with Gasteiger partial charge in [-0.2, -0.15) is 0 Å². The largest absolute Gasteiger partial charge is 0.454 e. The Kier molecular flexibility index (Phi) is 5.80. The molecule has 10 nitrogen and oxygen atoms in total. The highest BCUT2D eigenvalue weighted by atomic mass is 16.7. The van der Waals surface area contributed by atoms with Crippen LogP contribution < -0.4 is 20.1 Å². The molecule has 0 aromatic heterocycles. The van der Waals surface area contributed by atoms with Gasteiger partial charge >= 0.3 is 0 Å². The molecule has 0 bridgehead atoms. The molecule has 2 heterocycles. The minimum absolute atomic E-state index is 0.0692. The molecule has 10 heteroatoms. The predicted octanol–water partition coefficient (Wildman–Crippen LogP) is 1.87. The Morgan fingerprint density at radius 2 is 2.00 bits per heavy atom. The van der Waals surface area contributed by atoms with Gasteiger partial charge in [-0.3, -0.25) is 24.8 Å². The summed E-state index contributed by atoms with van der Waals surface area (Å²) in [5.74, 6) is 1.65. The number of aliphatic imine (C=N–C) groups is 1. The summed E-state index contributed by atoms with van der Waals surface area (Å²) in [6.07, 6.45) is 1.75. The highest BCUT2D eigenvalue weighted by molar-refractivity contribution is 6.15. The van der Waals surface area contributed by atoms with E-state index in [1.165, 1.54) is 17.0 Å². The Labute approximate surface area is 178 Å². The van der Waals surface area contributed by atoms with Gasteiger partial charge in [0.1, 0.15) is 5.70 Å². The number of nitrogens with zero attached hydrogens (tertiary/aromatic N) is 3. The molecule has 1 saturated heterocycles. The number of fused-ring (bicyclic) bond motifs is 1. The Morgan fingerprint density at radius 3 is 2.77 bits per heavy atom. The van der Waals surface area contributed by atoms with Gasteiger partial charge in [-0.05, 0) is 29.3 Å². The minimum atomic E-state index is -0.422. The fourth-order valence-electron chi connectivity index (χ4n) is 3.16. The Bertz CT molecular complexity index is 1060.